The van der Waals surface area contributed by atoms with Crippen LogP contribution in [0.25, 0.3) is 0 Å². The molecule has 10 rings (SSSR count). The highest BCUT2D eigenvalue weighted by Gasteiger charge is 2.77. The van der Waals surface area contributed by atoms with Crippen molar-refractivity contribution in [2.75, 3.05) is 5.32 Å². The molecule has 4 aromatic rings. The number of para-hydroxylation sites is 1. The van der Waals surface area contributed by atoms with E-state index in [0.29, 0.717) is 32.1 Å². The highest BCUT2D eigenvalue weighted by Crippen LogP contribution is 2.68. The van der Waals surface area contributed by atoms with Gasteiger partial charge in [0.05, 0.1) is 5.41 Å². The number of nitrogens with zero attached hydrogens (tertiary/aromatic N) is 2. The molecule has 3 N–H and O–H groups in total. The van der Waals surface area contributed by atoms with Gasteiger partial charge in [0.1, 0.15) is 30.3 Å². The average molecular weight is 664 g/mol. The van der Waals surface area contributed by atoms with Crippen molar-refractivity contribution in [3.63, 3.8) is 0 Å². The first-order valence-corrected chi connectivity index (χ1v) is 17.7. The molecule has 1 aliphatic carbocycles. The molecule has 9 nitrogen and oxygen atoms in total. The van der Waals surface area contributed by atoms with Gasteiger partial charge in [0, 0.05) is 30.0 Å². The number of piperazine rings is 2. The lowest BCUT2D eigenvalue weighted by Crippen LogP contribution is -2.66. The molecule has 4 aromatic carbocycles. The van der Waals surface area contributed by atoms with Crippen molar-refractivity contribution < 1.29 is 19.2 Å². The van der Waals surface area contributed by atoms with Crippen LogP contribution in [0.2, 0.25) is 0 Å². The molecule has 0 aromatic heterocycles. The van der Waals surface area contributed by atoms with Gasteiger partial charge in [-0.3, -0.25) is 19.2 Å². The van der Waals surface area contributed by atoms with Crippen molar-refractivity contribution in [2.45, 2.75) is 79.3 Å². The number of hydrogen-bond acceptors (Lipinski definition) is 5. The predicted octanol–water partition coefficient (Wildman–Crippen LogP) is 3.22. The molecule has 5 aliphatic heterocycles. The van der Waals surface area contributed by atoms with Crippen LogP contribution < -0.4 is 16.0 Å². The predicted molar refractivity (Wildman–Crippen MR) is 186 cm³/mol. The van der Waals surface area contributed by atoms with E-state index in [4.69, 9.17) is 0 Å². The SMILES string of the molecule is O=C1N[C@@H](Cc2ccccc2)C(=O)N2C1C[C@]1([C@]34CC5C(=O)N[C@@H](Cc6ccccc6)C(=O)N5[C@H]3Nc3ccccc34)c3ccccc3C[C@H]21. The van der Waals surface area contributed by atoms with E-state index >= 15 is 0 Å². The van der Waals surface area contributed by atoms with Gasteiger partial charge in [-0.05, 0) is 53.1 Å². The monoisotopic (exact) mass is 663 g/mol. The Bertz CT molecular complexity index is 1940. The lowest BCUT2D eigenvalue weighted by Gasteiger charge is -2.49. The largest absolute Gasteiger partial charge is 0.364 e. The number of carbonyl (C=O) groups excluding carboxylic acids is 4. The van der Waals surface area contributed by atoms with Gasteiger partial charge in [-0.1, -0.05) is 103 Å². The third kappa shape index (κ3) is 3.77. The fraction of sp³-hybridized carbons (Fsp3) is 0.317. The van der Waals surface area contributed by atoms with Gasteiger partial charge in [0.25, 0.3) is 0 Å². The zero-order valence-corrected chi connectivity index (χ0v) is 27.4. The zero-order chi connectivity index (χ0) is 33.8. The lowest BCUT2D eigenvalue weighted by atomic mass is 9.53. The summed E-state index contributed by atoms with van der Waals surface area (Å²) in [5, 5.41) is 9.95. The maximum absolute atomic E-state index is 14.7. The van der Waals surface area contributed by atoms with Crippen LogP contribution in [0.5, 0.6) is 0 Å². The minimum absolute atomic E-state index is 0.0715. The molecule has 4 amide bonds. The zero-order valence-electron chi connectivity index (χ0n) is 27.4. The molecule has 0 saturated carbocycles. The first kappa shape index (κ1) is 29.5. The molecule has 250 valence electrons. The summed E-state index contributed by atoms with van der Waals surface area (Å²) in [6, 6.07) is 33.0. The summed E-state index contributed by atoms with van der Waals surface area (Å²) in [6.07, 6.45) is 1.64. The van der Waals surface area contributed by atoms with Crippen molar-refractivity contribution in [3.8, 4) is 0 Å². The van der Waals surface area contributed by atoms with Crippen LogP contribution in [0.4, 0.5) is 5.69 Å². The van der Waals surface area contributed by atoms with Crippen LogP contribution in [0.1, 0.15) is 40.7 Å². The summed E-state index contributed by atoms with van der Waals surface area (Å²) in [4.78, 5) is 61.4. The molecule has 5 heterocycles. The maximum Gasteiger partial charge on any atom is 0.247 e. The van der Waals surface area contributed by atoms with Crippen molar-refractivity contribution in [2.24, 2.45) is 0 Å². The molecule has 9 heteroatoms. The quantitative estimate of drug-likeness (QED) is 0.304. The van der Waals surface area contributed by atoms with Crippen molar-refractivity contribution in [1.82, 2.24) is 20.4 Å². The molecule has 0 bridgehead atoms. The van der Waals surface area contributed by atoms with E-state index in [1.54, 1.807) is 0 Å². The highest BCUT2D eigenvalue weighted by atomic mass is 16.2. The van der Waals surface area contributed by atoms with E-state index in [9.17, 15) is 19.2 Å². The van der Waals surface area contributed by atoms with Crippen molar-refractivity contribution >= 4 is 29.3 Å². The van der Waals surface area contributed by atoms with Crippen molar-refractivity contribution in [3.05, 3.63) is 137 Å². The van der Waals surface area contributed by atoms with Gasteiger partial charge in [-0.2, -0.15) is 0 Å². The van der Waals surface area contributed by atoms with E-state index in [1.165, 1.54) is 0 Å². The van der Waals surface area contributed by atoms with Crippen molar-refractivity contribution in [1.29, 1.82) is 0 Å². The minimum Gasteiger partial charge on any atom is -0.364 e. The van der Waals surface area contributed by atoms with Gasteiger partial charge in [0.2, 0.25) is 23.6 Å². The van der Waals surface area contributed by atoms with E-state index < -0.39 is 41.2 Å². The fourth-order valence-corrected chi connectivity index (χ4v) is 10.8. The first-order chi connectivity index (χ1) is 24.4. The summed E-state index contributed by atoms with van der Waals surface area (Å²) in [5.74, 6) is -0.489. The van der Waals surface area contributed by atoms with E-state index in [1.807, 2.05) is 101 Å². The molecule has 4 fully saturated rings. The molecule has 6 aliphatic rings. The minimum atomic E-state index is -0.799. The van der Waals surface area contributed by atoms with Crippen LogP contribution >= 0.6 is 0 Å². The molecular weight excluding hydrogens is 626 g/mol. The second-order valence-electron chi connectivity index (χ2n) is 14.8. The molecule has 0 spiro atoms. The van der Waals surface area contributed by atoms with Gasteiger partial charge < -0.3 is 25.8 Å². The lowest BCUT2D eigenvalue weighted by molar-refractivity contribution is -0.149. The normalized spacial score (nSPS) is 33.0. The fourth-order valence-electron chi connectivity index (χ4n) is 10.8. The molecular formula is C41H37N5O4. The van der Waals surface area contributed by atoms with Crippen LogP contribution in [0, 0.1) is 0 Å². The Hall–Kier alpha value is -5.44. The number of amides is 4. The van der Waals surface area contributed by atoms with E-state index in [2.05, 4.69) is 34.1 Å². The third-order valence-electron chi connectivity index (χ3n) is 12.7. The number of nitrogens with one attached hydrogen (secondary N) is 3. The van der Waals surface area contributed by atoms with Gasteiger partial charge in [0.15, 0.2) is 0 Å². The summed E-state index contributed by atoms with van der Waals surface area (Å²) in [5.41, 5.74) is 4.63. The van der Waals surface area contributed by atoms with E-state index in [-0.39, 0.29) is 29.7 Å². The number of fused-ring (bicyclic) bond motifs is 11. The first-order valence-electron chi connectivity index (χ1n) is 17.7. The van der Waals surface area contributed by atoms with Gasteiger partial charge in [-0.25, -0.2) is 0 Å². The summed E-state index contributed by atoms with van der Waals surface area (Å²) >= 11 is 0. The molecule has 8 atom stereocenters. The molecule has 2 unspecified atom stereocenters. The molecule has 4 saturated heterocycles. The number of carbonyl (C=O) groups is 4. The van der Waals surface area contributed by atoms with Crippen LogP contribution in [0.3, 0.4) is 0 Å². The van der Waals surface area contributed by atoms with E-state index in [0.717, 1.165) is 33.5 Å². The third-order valence-corrected chi connectivity index (χ3v) is 12.7. The highest BCUT2D eigenvalue weighted by molar-refractivity contribution is 6.01. The number of hydrogen-bond donors (Lipinski definition) is 3. The average Bonchev–Trinajstić information content (AvgIpc) is 3.85. The van der Waals surface area contributed by atoms with Crippen LogP contribution in [0.15, 0.2) is 109 Å². The number of anilines is 1. The summed E-state index contributed by atoms with van der Waals surface area (Å²) in [6.45, 7) is 0. The molecule has 0 radical (unpaired) electrons. The number of rotatable bonds is 5. The topological polar surface area (TPSA) is 111 Å². The Morgan fingerprint density at radius 1 is 0.560 bits per heavy atom. The second kappa shape index (κ2) is 10.5. The Kier molecular flexibility index (Phi) is 6.21. The Morgan fingerprint density at radius 3 is 1.74 bits per heavy atom. The maximum atomic E-state index is 14.7. The Labute approximate surface area is 290 Å². The number of benzene rings is 4. The smallest absolute Gasteiger partial charge is 0.247 e. The van der Waals surface area contributed by atoms with Gasteiger partial charge in [-0.15, -0.1) is 0 Å². The molecule has 50 heavy (non-hydrogen) atoms. The standard InChI is InChI=1S/C41H37N5O4/c47-35-32-22-40(27-16-8-7-15-26(27)21-34(40)45(32)37(49)30(42-35)19-24-11-3-1-4-12-24)41-23-33-36(48)43-31(20-25-13-5-2-6-14-25)38(50)46(33)39(41)44-29-18-10-9-17-28(29)41/h1-18,30-34,39,44H,19-23H2,(H,42,47)(H,43,48)/t30-,31-,32?,33?,34-,39+,40-,41-/m0/s1. The Balaban J connectivity index is 1.13. The van der Waals surface area contributed by atoms with Crippen LogP contribution in [-0.2, 0) is 49.3 Å². The van der Waals surface area contributed by atoms with Gasteiger partial charge >= 0.3 is 0 Å². The Morgan fingerprint density at radius 2 is 1.08 bits per heavy atom. The van der Waals surface area contributed by atoms with Crippen LogP contribution in [-0.4, -0.2) is 69.8 Å². The second-order valence-corrected chi connectivity index (χ2v) is 14.8. The summed E-state index contributed by atoms with van der Waals surface area (Å²) < 4.78 is 0. The summed E-state index contributed by atoms with van der Waals surface area (Å²) in [7, 11) is 0.